The molecule has 0 aliphatic heterocycles. The molecule has 0 spiro atoms. The van der Waals surface area contributed by atoms with Gasteiger partial charge in [0.25, 0.3) is 5.91 Å². The van der Waals surface area contributed by atoms with Gasteiger partial charge >= 0.3 is 30.0 Å². The van der Waals surface area contributed by atoms with Crippen molar-refractivity contribution in [3.8, 4) is 6.01 Å². The molecule has 1 heterocycles. The quantitative estimate of drug-likeness (QED) is 0.142. The highest BCUT2D eigenvalue weighted by Gasteiger charge is 2.45. The largest absolute Gasteiger partial charge is 0.480 e. The molecular formula is C31H32ClF3N8O6. The molecule has 2 aliphatic rings. The van der Waals surface area contributed by atoms with Crippen LogP contribution in [-0.2, 0) is 19.9 Å². The number of carbonyl (C=O) groups is 4. The van der Waals surface area contributed by atoms with Gasteiger partial charge in [0.1, 0.15) is 6.04 Å². The Balaban J connectivity index is 1.22. The van der Waals surface area contributed by atoms with Crippen LogP contribution in [0, 0.1) is 0 Å². The molecule has 2 aromatic carbocycles. The van der Waals surface area contributed by atoms with Gasteiger partial charge in [-0.15, -0.1) is 0 Å². The summed E-state index contributed by atoms with van der Waals surface area (Å²) in [6.07, 6.45) is 0.184. The maximum absolute atomic E-state index is 12.9. The minimum absolute atomic E-state index is 0.0408. The van der Waals surface area contributed by atoms with Crippen molar-refractivity contribution in [2.45, 2.75) is 62.3 Å². The number of alkyl halides is 3. The molecule has 2 aliphatic carbocycles. The van der Waals surface area contributed by atoms with Crippen LogP contribution in [0.15, 0.2) is 48.5 Å². The molecule has 1 atom stereocenters. The minimum Gasteiger partial charge on any atom is -0.480 e. The highest BCUT2D eigenvalue weighted by molar-refractivity contribution is 6.35. The summed E-state index contributed by atoms with van der Waals surface area (Å²) in [4.78, 5) is 61.1. The van der Waals surface area contributed by atoms with Crippen LogP contribution in [-0.4, -0.2) is 75.2 Å². The van der Waals surface area contributed by atoms with Gasteiger partial charge < -0.3 is 36.4 Å². The van der Waals surface area contributed by atoms with Crippen LogP contribution in [0.1, 0.15) is 54.4 Å². The molecule has 2 fully saturated rings. The second kappa shape index (κ2) is 14.9. The number of halogens is 4. The standard InChI is InChI=1S/C31H32ClF3N8O6/c32-19-9-7-18(8-10-19)30(13-14-30)43-28-40-27(41-29(42-28)49-16-31(33,34)35)38-21-11-5-17(6-12-21)23(44)39-22(26(47)48)15-36-24(45)25(46)37-20-3-1-2-4-20/h5-12,20,22H,1-4,13-16H2,(H,36,45)(H,37,46)(H,39,44)(H,47,48)(H2,38,40,41,42,43)/t22-/m0/s1. The van der Waals surface area contributed by atoms with Crippen LogP contribution in [0.3, 0.4) is 0 Å². The molecule has 5 rings (SSSR count). The lowest BCUT2D eigenvalue weighted by molar-refractivity contribution is -0.154. The van der Waals surface area contributed by atoms with Crippen molar-refractivity contribution in [2.24, 2.45) is 0 Å². The van der Waals surface area contributed by atoms with E-state index < -0.39 is 60.6 Å². The van der Waals surface area contributed by atoms with E-state index in [2.05, 4.69) is 41.5 Å². The molecule has 18 heteroatoms. The lowest BCUT2D eigenvalue weighted by atomic mass is 10.1. The van der Waals surface area contributed by atoms with Crippen LogP contribution in [0.25, 0.3) is 0 Å². The predicted molar refractivity (Wildman–Crippen MR) is 169 cm³/mol. The van der Waals surface area contributed by atoms with E-state index in [-0.39, 0.29) is 23.5 Å². The zero-order valence-corrected chi connectivity index (χ0v) is 26.5. The fraction of sp³-hybridized carbons (Fsp3) is 0.387. The molecule has 2 saturated carbocycles. The number of hydrogen-bond donors (Lipinski definition) is 6. The molecule has 6 N–H and O–H groups in total. The summed E-state index contributed by atoms with van der Waals surface area (Å²) in [6.45, 7) is -2.16. The van der Waals surface area contributed by atoms with Crippen molar-refractivity contribution < 1.29 is 42.2 Å². The van der Waals surface area contributed by atoms with Gasteiger partial charge in [-0.2, -0.15) is 28.1 Å². The second-order valence-electron chi connectivity index (χ2n) is 11.6. The van der Waals surface area contributed by atoms with Gasteiger partial charge in [-0.3, -0.25) is 14.4 Å². The number of carbonyl (C=O) groups excluding carboxylic acids is 3. The molecule has 260 valence electrons. The third kappa shape index (κ3) is 9.91. The maximum atomic E-state index is 12.9. The second-order valence-corrected chi connectivity index (χ2v) is 12.1. The molecule has 3 amide bonds. The van der Waals surface area contributed by atoms with E-state index in [9.17, 15) is 37.5 Å². The Morgan fingerprint density at radius 2 is 1.59 bits per heavy atom. The number of anilines is 3. The van der Waals surface area contributed by atoms with Crippen molar-refractivity contribution >= 4 is 52.9 Å². The molecule has 3 aromatic rings. The number of amides is 3. The molecule has 14 nitrogen and oxygen atoms in total. The summed E-state index contributed by atoms with van der Waals surface area (Å²) >= 11 is 6.01. The van der Waals surface area contributed by atoms with Gasteiger partial charge in [0.15, 0.2) is 6.61 Å². The summed E-state index contributed by atoms with van der Waals surface area (Å²) in [6, 6.07) is 10.4. The van der Waals surface area contributed by atoms with Crippen molar-refractivity contribution in [1.29, 1.82) is 0 Å². The summed E-state index contributed by atoms with van der Waals surface area (Å²) < 4.78 is 43.5. The average molecular weight is 705 g/mol. The minimum atomic E-state index is -4.64. The van der Waals surface area contributed by atoms with Crippen molar-refractivity contribution in [3.63, 3.8) is 0 Å². The summed E-state index contributed by atoms with van der Waals surface area (Å²) in [5.41, 5.74) is 0.700. The van der Waals surface area contributed by atoms with Gasteiger partial charge in [-0.05, 0) is 67.6 Å². The molecule has 1 aromatic heterocycles. The zero-order valence-electron chi connectivity index (χ0n) is 25.8. The number of nitrogens with zero attached hydrogens (tertiary/aromatic N) is 3. The number of benzene rings is 2. The van der Waals surface area contributed by atoms with E-state index >= 15 is 0 Å². The van der Waals surface area contributed by atoms with Crippen LogP contribution in [0.5, 0.6) is 6.01 Å². The van der Waals surface area contributed by atoms with E-state index in [0.29, 0.717) is 23.6 Å². The summed E-state index contributed by atoms with van der Waals surface area (Å²) in [5.74, 6) is -4.30. The van der Waals surface area contributed by atoms with Crippen LogP contribution >= 0.6 is 11.6 Å². The van der Waals surface area contributed by atoms with E-state index in [1.54, 1.807) is 12.1 Å². The first-order valence-corrected chi connectivity index (χ1v) is 15.7. The van der Waals surface area contributed by atoms with E-state index in [4.69, 9.17) is 16.3 Å². The summed E-state index contributed by atoms with van der Waals surface area (Å²) in [5, 5.41) is 23.2. The Bertz CT molecular complexity index is 1680. The van der Waals surface area contributed by atoms with Crippen molar-refractivity contribution in [2.75, 3.05) is 23.8 Å². The van der Waals surface area contributed by atoms with E-state index in [0.717, 1.165) is 31.2 Å². The number of aromatic nitrogens is 3. The van der Waals surface area contributed by atoms with Gasteiger partial charge in [-0.1, -0.05) is 36.6 Å². The van der Waals surface area contributed by atoms with Crippen LogP contribution in [0.2, 0.25) is 5.02 Å². The topological polar surface area (TPSA) is 197 Å². The Labute approximate surface area is 282 Å². The first-order valence-electron chi connectivity index (χ1n) is 15.3. The van der Waals surface area contributed by atoms with Gasteiger partial charge in [0.05, 0.1) is 5.54 Å². The number of carboxylic acids is 1. The molecule has 49 heavy (non-hydrogen) atoms. The lowest BCUT2D eigenvalue weighted by Crippen LogP contribution is -2.51. The SMILES string of the molecule is O=C(NC[C@H](NC(=O)c1ccc(Nc2nc(NC3(c4ccc(Cl)cc4)CC3)nc(OCC(F)(F)F)n2)cc1)C(=O)O)C(=O)NC1CCCC1. The number of aliphatic carboxylic acids is 1. The van der Waals surface area contributed by atoms with Gasteiger partial charge in [-0.25, -0.2) is 4.79 Å². The van der Waals surface area contributed by atoms with Crippen molar-refractivity contribution in [1.82, 2.24) is 30.9 Å². The molecule has 0 unspecified atom stereocenters. The Morgan fingerprint density at radius 1 is 0.939 bits per heavy atom. The van der Waals surface area contributed by atoms with Crippen molar-refractivity contribution in [3.05, 3.63) is 64.7 Å². The molecule has 0 saturated heterocycles. The fourth-order valence-corrected chi connectivity index (χ4v) is 5.27. The number of carboxylic acid groups (broad SMARTS) is 1. The highest BCUT2D eigenvalue weighted by atomic mass is 35.5. The third-order valence-corrected chi connectivity index (χ3v) is 8.10. The highest BCUT2D eigenvalue weighted by Crippen LogP contribution is 2.48. The Morgan fingerprint density at radius 3 is 2.20 bits per heavy atom. The van der Waals surface area contributed by atoms with E-state index in [1.807, 2.05) is 12.1 Å². The normalized spacial score (nSPS) is 15.8. The monoisotopic (exact) mass is 704 g/mol. The predicted octanol–water partition coefficient (Wildman–Crippen LogP) is 3.67. The first-order chi connectivity index (χ1) is 23.3. The van der Waals surface area contributed by atoms with Gasteiger partial charge in [0.2, 0.25) is 11.9 Å². The molecular weight excluding hydrogens is 673 g/mol. The van der Waals surface area contributed by atoms with Crippen LogP contribution in [0.4, 0.5) is 30.8 Å². The fourth-order valence-electron chi connectivity index (χ4n) is 5.14. The number of rotatable bonds is 13. The molecule has 0 bridgehead atoms. The summed E-state index contributed by atoms with van der Waals surface area (Å²) in [7, 11) is 0. The molecule has 0 radical (unpaired) electrons. The maximum Gasteiger partial charge on any atom is 0.422 e. The number of ether oxygens (including phenoxy) is 1. The Kier molecular flexibility index (Phi) is 10.7. The first kappa shape index (κ1) is 35.1. The van der Waals surface area contributed by atoms with E-state index in [1.165, 1.54) is 24.3 Å². The smallest absolute Gasteiger partial charge is 0.422 e. The van der Waals surface area contributed by atoms with Crippen LogP contribution < -0.4 is 31.3 Å². The third-order valence-electron chi connectivity index (χ3n) is 7.85. The zero-order chi connectivity index (χ0) is 35.2. The Hall–Kier alpha value is -5.19. The number of hydrogen-bond acceptors (Lipinski definition) is 10. The lowest BCUT2D eigenvalue weighted by Gasteiger charge is -2.19. The van der Waals surface area contributed by atoms with Gasteiger partial charge in [0, 0.05) is 28.9 Å². The number of nitrogens with one attached hydrogen (secondary N) is 5. The average Bonchev–Trinajstić information content (AvgIpc) is 3.64.